The third-order valence-corrected chi connectivity index (χ3v) is 5.41. The molecule has 7 heteroatoms. The Balaban J connectivity index is 1.43. The zero-order valence-electron chi connectivity index (χ0n) is 16.5. The van der Waals surface area contributed by atoms with Gasteiger partial charge in [-0.25, -0.2) is 9.67 Å². The lowest BCUT2D eigenvalue weighted by molar-refractivity contribution is 0.0749. The number of carbonyl (C=O) groups is 1. The van der Waals surface area contributed by atoms with Crippen molar-refractivity contribution in [2.24, 2.45) is 0 Å². The van der Waals surface area contributed by atoms with Crippen molar-refractivity contribution in [3.05, 3.63) is 76.8 Å². The molecule has 2 aromatic carbocycles. The fourth-order valence-electron chi connectivity index (χ4n) is 3.62. The quantitative estimate of drug-likeness (QED) is 0.661. The van der Waals surface area contributed by atoms with Crippen molar-refractivity contribution in [3.8, 4) is 5.69 Å². The van der Waals surface area contributed by atoms with Gasteiger partial charge in [0.1, 0.15) is 5.82 Å². The minimum Gasteiger partial charge on any atom is -0.335 e. The van der Waals surface area contributed by atoms with E-state index in [-0.39, 0.29) is 11.7 Å². The van der Waals surface area contributed by atoms with Crippen molar-refractivity contribution in [1.82, 2.24) is 24.6 Å². The maximum Gasteiger partial charge on any atom is 0.293 e. The number of nitrogens with zero attached hydrogens (tertiary/aromatic N) is 5. The van der Waals surface area contributed by atoms with Gasteiger partial charge in [0, 0.05) is 37.7 Å². The van der Waals surface area contributed by atoms with Crippen LogP contribution in [-0.4, -0.2) is 56.7 Å². The first-order chi connectivity index (χ1) is 14.1. The predicted octanol–water partition coefficient (Wildman–Crippen LogP) is 3.58. The minimum absolute atomic E-state index is 0.109. The Bertz CT molecular complexity index is 971. The average Bonchev–Trinajstić information content (AvgIpc) is 2.97. The molecule has 1 aromatic heterocycles. The average molecular weight is 410 g/mol. The molecule has 0 aliphatic carbocycles. The molecule has 0 atom stereocenters. The number of hydrogen-bond acceptors (Lipinski definition) is 4. The van der Waals surface area contributed by atoms with E-state index in [2.05, 4.69) is 39.2 Å². The molecule has 0 unspecified atom stereocenters. The van der Waals surface area contributed by atoms with Gasteiger partial charge in [-0.05, 0) is 43.2 Å². The Morgan fingerprint density at radius 2 is 1.76 bits per heavy atom. The van der Waals surface area contributed by atoms with E-state index in [9.17, 15) is 4.79 Å². The molecule has 1 aliphatic heterocycles. The fourth-order valence-corrected chi connectivity index (χ4v) is 3.75. The van der Waals surface area contributed by atoms with Crippen LogP contribution in [0, 0.1) is 6.92 Å². The van der Waals surface area contributed by atoms with Crippen LogP contribution in [0.1, 0.15) is 28.4 Å². The number of hydrogen-bond donors (Lipinski definition) is 0. The van der Waals surface area contributed by atoms with E-state index in [1.165, 1.54) is 5.56 Å². The summed E-state index contributed by atoms with van der Waals surface area (Å²) in [5.41, 5.74) is 2.13. The molecule has 2 heterocycles. The Hall–Kier alpha value is -2.70. The van der Waals surface area contributed by atoms with Gasteiger partial charge in [-0.1, -0.05) is 41.9 Å². The molecule has 0 radical (unpaired) electrons. The minimum atomic E-state index is -0.109. The summed E-state index contributed by atoms with van der Waals surface area (Å²) in [5, 5.41) is 5.12. The normalized spacial score (nSPS) is 15.3. The molecule has 0 N–H and O–H groups in total. The van der Waals surface area contributed by atoms with Gasteiger partial charge >= 0.3 is 0 Å². The lowest BCUT2D eigenvalue weighted by Crippen LogP contribution is -2.35. The third kappa shape index (κ3) is 4.66. The van der Waals surface area contributed by atoms with E-state index >= 15 is 0 Å². The number of carbonyl (C=O) groups excluding carboxylic acids is 1. The third-order valence-electron chi connectivity index (χ3n) is 5.16. The molecular weight excluding hydrogens is 386 g/mol. The monoisotopic (exact) mass is 409 g/mol. The van der Waals surface area contributed by atoms with Gasteiger partial charge in [-0.2, -0.15) is 0 Å². The highest BCUT2D eigenvalue weighted by Gasteiger charge is 2.24. The summed E-state index contributed by atoms with van der Waals surface area (Å²) in [6.07, 6.45) is 0.940. The van der Waals surface area contributed by atoms with Crippen molar-refractivity contribution in [2.75, 3.05) is 26.2 Å². The van der Waals surface area contributed by atoms with Crippen molar-refractivity contribution in [2.45, 2.75) is 19.9 Å². The van der Waals surface area contributed by atoms with Gasteiger partial charge in [-0.15, -0.1) is 5.10 Å². The van der Waals surface area contributed by atoms with E-state index in [0.717, 1.165) is 38.3 Å². The molecule has 0 saturated carbocycles. The zero-order chi connectivity index (χ0) is 20.2. The van der Waals surface area contributed by atoms with E-state index in [1.54, 1.807) is 16.8 Å². The number of amides is 1. The summed E-state index contributed by atoms with van der Waals surface area (Å²) in [6, 6.07) is 17.8. The molecule has 1 saturated heterocycles. The van der Waals surface area contributed by atoms with Gasteiger partial charge in [-0.3, -0.25) is 9.69 Å². The van der Waals surface area contributed by atoms with E-state index in [4.69, 9.17) is 11.6 Å². The highest BCUT2D eigenvalue weighted by atomic mass is 35.5. The predicted molar refractivity (Wildman–Crippen MR) is 113 cm³/mol. The van der Waals surface area contributed by atoms with Gasteiger partial charge in [0.15, 0.2) is 0 Å². The Morgan fingerprint density at radius 3 is 2.52 bits per heavy atom. The molecule has 1 amide bonds. The first-order valence-corrected chi connectivity index (χ1v) is 10.2. The van der Waals surface area contributed by atoms with Crippen molar-refractivity contribution in [1.29, 1.82) is 0 Å². The number of halogens is 1. The standard InChI is InChI=1S/C22H24ClN5O/c1-17-24-21(25-28(17)20-10-8-19(23)9-11-20)22(29)27-13-5-12-26(14-15-27)16-18-6-3-2-4-7-18/h2-4,6-11H,5,12-16H2,1H3. The second-order valence-electron chi connectivity index (χ2n) is 7.28. The summed E-state index contributed by atoms with van der Waals surface area (Å²) < 4.78 is 1.68. The second-order valence-corrected chi connectivity index (χ2v) is 7.71. The number of aromatic nitrogens is 3. The summed E-state index contributed by atoms with van der Waals surface area (Å²) in [5.74, 6) is 0.813. The van der Waals surface area contributed by atoms with E-state index in [1.807, 2.05) is 30.0 Å². The number of rotatable bonds is 4. The first-order valence-electron chi connectivity index (χ1n) is 9.85. The summed E-state index contributed by atoms with van der Waals surface area (Å²) in [6.45, 7) is 5.98. The maximum atomic E-state index is 13.0. The summed E-state index contributed by atoms with van der Waals surface area (Å²) in [4.78, 5) is 21.7. The molecule has 4 rings (SSSR count). The molecule has 3 aromatic rings. The van der Waals surface area contributed by atoms with Crippen LogP contribution in [0.25, 0.3) is 5.69 Å². The molecule has 1 fully saturated rings. The van der Waals surface area contributed by atoms with Gasteiger partial charge in [0.25, 0.3) is 5.91 Å². The van der Waals surface area contributed by atoms with Crippen LogP contribution in [0.2, 0.25) is 5.02 Å². The van der Waals surface area contributed by atoms with Crippen LogP contribution in [0.5, 0.6) is 0 Å². The van der Waals surface area contributed by atoms with Crippen LogP contribution in [0.4, 0.5) is 0 Å². The highest BCUT2D eigenvalue weighted by Crippen LogP contribution is 2.16. The maximum absolute atomic E-state index is 13.0. The first kappa shape index (κ1) is 19.6. The van der Waals surface area contributed by atoms with Gasteiger partial charge in [0.2, 0.25) is 5.82 Å². The zero-order valence-corrected chi connectivity index (χ0v) is 17.2. The number of aryl methyl sites for hydroxylation is 1. The molecule has 29 heavy (non-hydrogen) atoms. The summed E-state index contributed by atoms with van der Waals surface area (Å²) in [7, 11) is 0. The van der Waals surface area contributed by atoms with Crippen molar-refractivity contribution >= 4 is 17.5 Å². The molecular formula is C22H24ClN5O. The highest BCUT2D eigenvalue weighted by molar-refractivity contribution is 6.30. The van der Waals surface area contributed by atoms with Crippen LogP contribution < -0.4 is 0 Å². The van der Waals surface area contributed by atoms with Crippen LogP contribution >= 0.6 is 11.6 Å². The Morgan fingerprint density at radius 1 is 1.00 bits per heavy atom. The largest absolute Gasteiger partial charge is 0.335 e. The van der Waals surface area contributed by atoms with Crippen molar-refractivity contribution in [3.63, 3.8) is 0 Å². The topological polar surface area (TPSA) is 54.3 Å². The SMILES string of the molecule is Cc1nc(C(=O)N2CCCN(Cc3ccccc3)CC2)nn1-c1ccc(Cl)cc1. The molecule has 0 bridgehead atoms. The van der Waals surface area contributed by atoms with E-state index < -0.39 is 0 Å². The van der Waals surface area contributed by atoms with Crippen LogP contribution in [0.3, 0.4) is 0 Å². The Labute approximate surface area is 175 Å². The Kier molecular flexibility index (Phi) is 5.92. The molecule has 1 aliphatic rings. The van der Waals surface area contributed by atoms with Gasteiger partial charge < -0.3 is 4.90 Å². The van der Waals surface area contributed by atoms with Gasteiger partial charge in [0.05, 0.1) is 5.69 Å². The molecule has 150 valence electrons. The van der Waals surface area contributed by atoms with Crippen LogP contribution in [-0.2, 0) is 6.54 Å². The lowest BCUT2D eigenvalue weighted by atomic mass is 10.2. The smallest absolute Gasteiger partial charge is 0.293 e. The number of benzene rings is 2. The summed E-state index contributed by atoms with van der Waals surface area (Å²) >= 11 is 5.96. The molecule has 0 spiro atoms. The van der Waals surface area contributed by atoms with E-state index in [0.29, 0.717) is 17.4 Å². The fraction of sp³-hybridized carbons (Fsp3) is 0.318. The second kappa shape index (κ2) is 8.76. The lowest BCUT2D eigenvalue weighted by Gasteiger charge is -2.21. The molecule has 6 nitrogen and oxygen atoms in total. The van der Waals surface area contributed by atoms with Crippen LogP contribution in [0.15, 0.2) is 54.6 Å². The van der Waals surface area contributed by atoms with Crippen molar-refractivity contribution < 1.29 is 4.79 Å².